The van der Waals surface area contributed by atoms with Gasteiger partial charge in [0.05, 0.1) is 18.0 Å². The van der Waals surface area contributed by atoms with Gasteiger partial charge in [-0.1, -0.05) is 19.1 Å². The largest absolute Gasteiger partial charge is 0.464 e. The van der Waals surface area contributed by atoms with E-state index in [0.717, 1.165) is 25.1 Å². The third-order valence-corrected chi connectivity index (χ3v) is 2.99. The van der Waals surface area contributed by atoms with Crippen molar-refractivity contribution >= 4 is 17.3 Å². The summed E-state index contributed by atoms with van der Waals surface area (Å²) in [6.45, 7) is 3.41. The van der Waals surface area contributed by atoms with Crippen molar-refractivity contribution < 1.29 is 9.53 Å². The number of hydrogen-bond acceptors (Lipinski definition) is 4. The van der Waals surface area contributed by atoms with E-state index in [-0.39, 0.29) is 12.0 Å². The van der Waals surface area contributed by atoms with Crippen LogP contribution in [0.15, 0.2) is 24.3 Å². The Balaban J connectivity index is 2.28. The summed E-state index contributed by atoms with van der Waals surface area (Å²) in [6.07, 6.45) is 1.71. The van der Waals surface area contributed by atoms with E-state index in [1.165, 1.54) is 0 Å². The van der Waals surface area contributed by atoms with Gasteiger partial charge in [-0.15, -0.1) is 0 Å². The van der Waals surface area contributed by atoms with Gasteiger partial charge in [0, 0.05) is 13.0 Å². The summed E-state index contributed by atoms with van der Waals surface area (Å²) in [5, 5.41) is 0. The van der Waals surface area contributed by atoms with Crippen LogP contribution < -0.4 is 10.6 Å². The lowest BCUT2D eigenvalue weighted by atomic mass is 10.1. The number of rotatable bonds is 4. The summed E-state index contributed by atoms with van der Waals surface area (Å²) >= 11 is 0. The van der Waals surface area contributed by atoms with E-state index >= 15 is 0 Å². The zero-order valence-electron chi connectivity index (χ0n) is 10.1. The molecule has 0 aromatic heterocycles. The van der Waals surface area contributed by atoms with Gasteiger partial charge in [-0.25, -0.2) is 4.79 Å². The number of esters is 1. The van der Waals surface area contributed by atoms with Gasteiger partial charge in [0.2, 0.25) is 0 Å². The van der Waals surface area contributed by atoms with E-state index in [1.807, 2.05) is 24.3 Å². The second-order valence-corrected chi connectivity index (χ2v) is 4.22. The average molecular weight is 234 g/mol. The SMILES string of the molecule is CCCN(c1ccccc1N)C1CCOC1=O. The lowest BCUT2D eigenvalue weighted by Gasteiger charge is -2.29. The molecule has 0 radical (unpaired) electrons. The zero-order valence-corrected chi connectivity index (χ0v) is 10.1. The van der Waals surface area contributed by atoms with Crippen molar-refractivity contribution in [2.45, 2.75) is 25.8 Å². The highest BCUT2D eigenvalue weighted by atomic mass is 16.5. The number of anilines is 2. The molecule has 92 valence electrons. The molecule has 1 saturated heterocycles. The van der Waals surface area contributed by atoms with Gasteiger partial charge in [0.15, 0.2) is 0 Å². The van der Waals surface area contributed by atoms with Crippen molar-refractivity contribution in [2.24, 2.45) is 0 Å². The minimum Gasteiger partial charge on any atom is -0.464 e. The fraction of sp³-hybridized carbons (Fsp3) is 0.462. The first kappa shape index (κ1) is 11.8. The second-order valence-electron chi connectivity index (χ2n) is 4.22. The molecule has 2 rings (SSSR count). The van der Waals surface area contributed by atoms with Crippen LogP contribution in [0.5, 0.6) is 0 Å². The Bertz CT molecular complexity index is 406. The Kier molecular flexibility index (Phi) is 3.52. The van der Waals surface area contributed by atoms with E-state index in [2.05, 4.69) is 11.8 Å². The number of para-hydroxylation sites is 2. The lowest BCUT2D eigenvalue weighted by molar-refractivity contribution is -0.139. The van der Waals surface area contributed by atoms with Crippen molar-refractivity contribution in [3.8, 4) is 0 Å². The topological polar surface area (TPSA) is 55.6 Å². The molecule has 2 N–H and O–H groups in total. The van der Waals surface area contributed by atoms with Crippen molar-refractivity contribution in [3.63, 3.8) is 0 Å². The molecule has 1 aromatic rings. The van der Waals surface area contributed by atoms with Crippen LogP contribution in [0.4, 0.5) is 11.4 Å². The third-order valence-electron chi connectivity index (χ3n) is 2.99. The van der Waals surface area contributed by atoms with Crippen LogP contribution in [-0.2, 0) is 9.53 Å². The predicted octanol–water partition coefficient (Wildman–Crippen LogP) is 1.80. The van der Waals surface area contributed by atoms with Crippen LogP contribution in [0.2, 0.25) is 0 Å². The zero-order chi connectivity index (χ0) is 12.3. The van der Waals surface area contributed by atoms with Gasteiger partial charge in [0.1, 0.15) is 6.04 Å². The van der Waals surface area contributed by atoms with Crippen molar-refractivity contribution in [1.82, 2.24) is 0 Å². The lowest BCUT2D eigenvalue weighted by Crippen LogP contribution is -2.39. The van der Waals surface area contributed by atoms with E-state index in [4.69, 9.17) is 10.5 Å². The van der Waals surface area contributed by atoms with Crippen LogP contribution in [0.3, 0.4) is 0 Å². The molecule has 1 aromatic carbocycles. The maximum absolute atomic E-state index is 11.7. The molecular formula is C13H18N2O2. The molecule has 4 heteroatoms. The van der Waals surface area contributed by atoms with Gasteiger partial charge in [-0.3, -0.25) is 0 Å². The van der Waals surface area contributed by atoms with E-state index in [1.54, 1.807) is 0 Å². The summed E-state index contributed by atoms with van der Waals surface area (Å²) < 4.78 is 5.03. The Hall–Kier alpha value is -1.71. The van der Waals surface area contributed by atoms with Gasteiger partial charge < -0.3 is 15.4 Å². The Morgan fingerprint density at radius 3 is 2.82 bits per heavy atom. The molecule has 1 fully saturated rings. The molecule has 0 bridgehead atoms. The smallest absolute Gasteiger partial charge is 0.328 e. The molecule has 1 aliphatic rings. The van der Waals surface area contributed by atoms with Crippen molar-refractivity contribution in [3.05, 3.63) is 24.3 Å². The Morgan fingerprint density at radius 1 is 1.47 bits per heavy atom. The molecule has 4 nitrogen and oxygen atoms in total. The standard InChI is InChI=1S/C13H18N2O2/c1-2-8-15(12-7-9-17-13(12)16)11-6-4-3-5-10(11)14/h3-6,12H,2,7-9,14H2,1H3. The Labute approximate surface area is 101 Å². The summed E-state index contributed by atoms with van der Waals surface area (Å²) in [5.41, 5.74) is 7.61. The fourth-order valence-electron chi connectivity index (χ4n) is 2.20. The molecule has 1 atom stereocenters. The van der Waals surface area contributed by atoms with Crippen molar-refractivity contribution in [1.29, 1.82) is 0 Å². The molecule has 1 aliphatic heterocycles. The minimum absolute atomic E-state index is 0.137. The molecular weight excluding hydrogens is 216 g/mol. The maximum atomic E-state index is 11.7. The normalized spacial score (nSPS) is 19.1. The molecule has 0 spiro atoms. The van der Waals surface area contributed by atoms with Crippen LogP contribution >= 0.6 is 0 Å². The highest BCUT2D eigenvalue weighted by molar-refractivity contribution is 5.83. The molecule has 1 heterocycles. The average Bonchev–Trinajstić information content (AvgIpc) is 2.74. The minimum atomic E-state index is -0.181. The fourth-order valence-corrected chi connectivity index (χ4v) is 2.20. The summed E-state index contributed by atoms with van der Waals surface area (Å²) in [6, 6.07) is 7.47. The second kappa shape index (κ2) is 5.08. The summed E-state index contributed by atoms with van der Waals surface area (Å²) in [4.78, 5) is 13.7. The monoisotopic (exact) mass is 234 g/mol. The number of benzene rings is 1. The summed E-state index contributed by atoms with van der Waals surface area (Å²) in [7, 11) is 0. The number of carbonyl (C=O) groups excluding carboxylic acids is 1. The molecule has 0 aliphatic carbocycles. The first-order chi connectivity index (χ1) is 8.24. The highest BCUT2D eigenvalue weighted by Crippen LogP contribution is 2.27. The number of carbonyl (C=O) groups is 1. The first-order valence-electron chi connectivity index (χ1n) is 6.02. The van der Waals surface area contributed by atoms with Crippen molar-refractivity contribution in [2.75, 3.05) is 23.8 Å². The first-order valence-corrected chi connectivity index (χ1v) is 6.02. The highest BCUT2D eigenvalue weighted by Gasteiger charge is 2.32. The number of nitrogens with two attached hydrogens (primary N) is 1. The van der Waals surface area contributed by atoms with Gasteiger partial charge >= 0.3 is 5.97 Å². The quantitative estimate of drug-likeness (QED) is 0.637. The van der Waals surface area contributed by atoms with Crippen LogP contribution in [-0.4, -0.2) is 25.2 Å². The number of nitrogens with zero attached hydrogens (tertiary/aromatic N) is 1. The number of cyclic esters (lactones) is 1. The van der Waals surface area contributed by atoms with Crippen LogP contribution in [0.1, 0.15) is 19.8 Å². The van der Waals surface area contributed by atoms with Crippen LogP contribution in [0.25, 0.3) is 0 Å². The molecule has 0 saturated carbocycles. The predicted molar refractivity (Wildman–Crippen MR) is 67.9 cm³/mol. The number of ether oxygens (including phenoxy) is 1. The molecule has 1 unspecified atom stereocenters. The summed E-state index contributed by atoms with van der Waals surface area (Å²) in [5.74, 6) is -0.137. The van der Waals surface area contributed by atoms with Crippen LogP contribution in [0, 0.1) is 0 Å². The van der Waals surface area contributed by atoms with E-state index in [0.29, 0.717) is 12.3 Å². The maximum Gasteiger partial charge on any atom is 0.328 e. The third kappa shape index (κ3) is 2.35. The molecule has 17 heavy (non-hydrogen) atoms. The molecule has 0 amide bonds. The van der Waals surface area contributed by atoms with E-state index < -0.39 is 0 Å². The van der Waals surface area contributed by atoms with Gasteiger partial charge in [0.25, 0.3) is 0 Å². The number of nitrogen functional groups attached to an aromatic ring is 1. The van der Waals surface area contributed by atoms with Gasteiger partial charge in [-0.2, -0.15) is 0 Å². The van der Waals surface area contributed by atoms with E-state index in [9.17, 15) is 4.79 Å². The Morgan fingerprint density at radius 2 is 2.24 bits per heavy atom. The van der Waals surface area contributed by atoms with Gasteiger partial charge in [-0.05, 0) is 18.6 Å². The number of hydrogen-bond donors (Lipinski definition) is 1.